The van der Waals surface area contributed by atoms with Crippen LogP contribution in [-0.4, -0.2) is 51.1 Å². The lowest BCUT2D eigenvalue weighted by molar-refractivity contribution is -0.135. The number of anilines is 1. The Morgan fingerprint density at radius 3 is 2.48 bits per heavy atom. The minimum absolute atomic E-state index is 0.0735. The number of nitrogens with zero attached hydrogens (tertiary/aromatic N) is 1. The van der Waals surface area contributed by atoms with Gasteiger partial charge in [0.25, 0.3) is 5.91 Å². The molecule has 1 fully saturated rings. The van der Waals surface area contributed by atoms with Crippen molar-refractivity contribution in [2.75, 3.05) is 30.7 Å². The van der Waals surface area contributed by atoms with E-state index in [-0.39, 0.29) is 23.8 Å². The fourth-order valence-electron chi connectivity index (χ4n) is 2.39. The molecule has 0 aliphatic carbocycles. The number of hydrogen-bond donors (Lipinski definition) is 1. The first-order valence-corrected chi connectivity index (χ1v) is 9.28. The standard InChI is InChI=1S/C15H20N2O5S/c1-23(20,21)16-13-8-4-3-7-12(13)15(19)22-11-14(18)17-9-5-2-6-10-17/h3-4,7-8,16H,2,5-6,9-11H2,1H3. The van der Waals surface area contributed by atoms with Gasteiger partial charge in [-0.3, -0.25) is 9.52 Å². The summed E-state index contributed by atoms with van der Waals surface area (Å²) in [5, 5.41) is 0. The van der Waals surface area contributed by atoms with E-state index in [0.29, 0.717) is 13.1 Å². The number of hydrogen-bond acceptors (Lipinski definition) is 5. The van der Waals surface area contributed by atoms with Crippen LogP contribution in [-0.2, 0) is 19.6 Å². The molecule has 0 spiro atoms. The van der Waals surface area contributed by atoms with Gasteiger partial charge in [0.1, 0.15) is 0 Å². The van der Waals surface area contributed by atoms with Gasteiger partial charge >= 0.3 is 5.97 Å². The third kappa shape index (κ3) is 5.24. The van der Waals surface area contributed by atoms with Crippen LogP contribution in [0.3, 0.4) is 0 Å². The summed E-state index contributed by atoms with van der Waals surface area (Å²) in [6, 6.07) is 6.10. The van der Waals surface area contributed by atoms with E-state index in [1.807, 2.05) is 0 Å². The number of carbonyl (C=O) groups is 2. The van der Waals surface area contributed by atoms with Gasteiger partial charge in [0.15, 0.2) is 6.61 Å². The topological polar surface area (TPSA) is 92.8 Å². The van der Waals surface area contributed by atoms with E-state index in [1.165, 1.54) is 12.1 Å². The summed E-state index contributed by atoms with van der Waals surface area (Å²) in [6.07, 6.45) is 4.02. The van der Waals surface area contributed by atoms with Gasteiger partial charge < -0.3 is 9.64 Å². The van der Waals surface area contributed by atoms with Gasteiger partial charge in [-0.2, -0.15) is 0 Å². The van der Waals surface area contributed by atoms with Gasteiger partial charge in [0.05, 0.1) is 17.5 Å². The lowest BCUT2D eigenvalue weighted by atomic mass is 10.1. The van der Waals surface area contributed by atoms with Crippen LogP contribution >= 0.6 is 0 Å². The molecule has 0 unspecified atom stereocenters. The van der Waals surface area contributed by atoms with E-state index in [4.69, 9.17) is 4.74 Å². The van der Waals surface area contributed by atoms with Gasteiger partial charge in [-0.25, -0.2) is 13.2 Å². The minimum Gasteiger partial charge on any atom is -0.452 e. The third-order valence-electron chi connectivity index (χ3n) is 3.48. The highest BCUT2D eigenvalue weighted by molar-refractivity contribution is 7.92. The van der Waals surface area contributed by atoms with E-state index in [9.17, 15) is 18.0 Å². The van der Waals surface area contributed by atoms with E-state index in [2.05, 4.69) is 4.72 Å². The van der Waals surface area contributed by atoms with Crippen LogP contribution < -0.4 is 4.72 Å². The molecule has 126 valence electrons. The quantitative estimate of drug-likeness (QED) is 0.814. The summed E-state index contributed by atoms with van der Waals surface area (Å²) in [6.45, 7) is 1.03. The first-order chi connectivity index (χ1) is 10.9. The molecule has 1 aromatic rings. The van der Waals surface area contributed by atoms with E-state index < -0.39 is 16.0 Å². The summed E-state index contributed by atoms with van der Waals surface area (Å²) in [5.41, 5.74) is 0.204. The van der Waals surface area contributed by atoms with Gasteiger partial charge in [0, 0.05) is 13.1 Å². The summed E-state index contributed by atoms with van der Waals surface area (Å²) >= 11 is 0. The van der Waals surface area contributed by atoms with Crippen molar-refractivity contribution >= 4 is 27.6 Å². The number of esters is 1. The smallest absolute Gasteiger partial charge is 0.340 e. The zero-order valence-electron chi connectivity index (χ0n) is 12.9. The molecule has 0 saturated carbocycles. The molecule has 2 rings (SSSR count). The molecule has 0 aromatic heterocycles. The monoisotopic (exact) mass is 340 g/mol. The van der Waals surface area contributed by atoms with Crippen LogP contribution in [0.15, 0.2) is 24.3 Å². The van der Waals surface area contributed by atoms with E-state index >= 15 is 0 Å². The van der Waals surface area contributed by atoms with Crippen molar-refractivity contribution in [1.29, 1.82) is 0 Å². The number of nitrogens with one attached hydrogen (secondary N) is 1. The molecule has 1 N–H and O–H groups in total. The van der Waals surface area contributed by atoms with Crippen LogP contribution in [0.2, 0.25) is 0 Å². The number of rotatable bonds is 5. The Kier molecular flexibility index (Phi) is 5.59. The second-order valence-electron chi connectivity index (χ2n) is 5.44. The number of para-hydroxylation sites is 1. The number of carbonyl (C=O) groups excluding carboxylic acids is 2. The maximum Gasteiger partial charge on any atom is 0.340 e. The van der Waals surface area contributed by atoms with Gasteiger partial charge in [-0.1, -0.05) is 12.1 Å². The second-order valence-corrected chi connectivity index (χ2v) is 7.19. The number of amides is 1. The van der Waals surface area contributed by atoms with Gasteiger partial charge in [0.2, 0.25) is 10.0 Å². The largest absolute Gasteiger partial charge is 0.452 e. The summed E-state index contributed by atoms with van der Waals surface area (Å²) < 4.78 is 29.9. The predicted octanol–water partition coefficient (Wildman–Crippen LogP) is 1.23. The highest BCUT2D eigenvalue weighted by atomic mass is 32.2. The van der Waals surface area contributed by atoms with E-state index in [1.54, 1.807) is 17.0 Å². The van der Waals surface area contributed by atoms with Crippen molar-refractivity contribution in [1.82, 2.24) is 4.90 Å². The van der Waals surface area contributed by atoms with Gasteiger partial charge in [-0.15, -0.1) is 0 Å². The first-order valence-electron chi connectivity index (χ1n) is 7.38. The normalized spacial score (nSPS) is 15.1. The predicted molar refractivity (Wildman–Crippen MR) is 85.6 cm³/mol. The Bertz CT molecular complexity index is 681. The summed E-state index contributed by atoms with van der Waals surface area (Å²) in [5.74, 6) is -0.964. The molecule has 1 aliphatic heterocycles. The van der Waals surface area contributed by atoms with Crippen molar-refractivity contribution in [3.05, 3.63) is 29.8 Å². The maximum absolute atomic E-state index is 12.1. The molecule has 7 nitrogen and oxygen atoms in total. The van der Waals surface area contributed by atoms with Crippen molar-refractivity contribution in [3.63, 3.8) is 0 Å². The number of ether oxygens (including phenoxy) is 1. The van der Waals surface area contributed by atoms with Crippen LogP contribution in [0, 0.1) is 0 Å². The third-order valence-corrected chi connectivity index (χ3v) is 4.07. The molecule has 8 heteroatoms. The van der Waals surface area contributed by atoms with Crippen LogP contribution in [0.25, 0.3) is 0 Å². The molecule has 1 aliphatic rings. The molecular formula is C15H20N2O5S. The van der Waals surface area contributed by atoms with Crippen LogP contribution in [0.4, 0.5) is 5.69 Å². The van der Waals surface area contributed by atoms with Crippen molar-refractivity contribution in [2.24, 2.45) is 0 Å². The fourth-order valence-corrected chi connectivity index (χ4v) is 2.97. The van der Waals surface area contributed by atoms with Crippen molar-refractivity contribution in [2.45, 2.75) is 19.3 Å². The Balaban J connectivity index is 1.99. The number of sulfonamides is 1. The number of likely N-dealkylation sites (tertiary alicyclic amines) is 1. The first kappa shape index (κ1) is 17.3. The highest BCUT2D eigenvalue weighted by Gasteiger charge is 2.20. The fraction of sp³-hybridized carbons (Fsp3) is 0.467. The van der Waals surface area contributed by atoms with Crippen LogP contribution in [0.5, 0.6) is 0 Å². The Morgan fingerprint density at radius 2 is 1.83 bits per heavy atom. The molecule has 23 heavy (non-hydrogen) atoms. The Morgan fingerprint density at radius 1 is 1.17 bits per heavy atom. The molecule has 1 amide bonds. The molecular weight excluding hydrogens is 320 g/mol. The molecule has 0 radical (unpaired) electrons. The SMILES string of the molecule is CS(=O)(=O)Nc1ccccc1C(=O)OCC(=O)N1CCCCC1. The Labute approximate surface area is 135 Å². The second kappa shape index (κ2) is 7.45. The van der Waals surface area contributed by atoms with Crippen molar-refractivity contribution in [3.8, 4) is 0 Å². The average molecular weight is 340 g/mol. The zero-order chi connectivity index (χ0) is 16.9. The molecule has 0 bridgehead atoms. The summed E-state index contributed by atoms with van der Waals surface area (Å²) in [4.78, 5) is 25.8. The highest BCUT2D eigenvalue weighted by Crippen LogP contribution is 2.17. The van der Waals surface area contributed by atoms with Crippen molar-refractivity contribution < 1.29 is 22.7 Å². The molecule has 1 saturated heterocycles. The average Bonchev–Trinajstić information content (AvgIpc) is 2.52. The molecule has 1 aromatic carbocycles. The molecule has 0 atom stereocenters. The Hall–Kier alpha value is -2.09. The summed E-state index contributed by atoms with van der Waals surface area (Å²) in [7, 11) is -3.51. The van der Waals surface area contributed by atoms with E-state index in [0.717, 1.165) is 25.5 Å². The number of piperidine rings is 1. The van der Waals surface area contributed by atoms with Gasteiger partial charge in [-0.05, 0) is 31.4 Å². The maximum atomic E-state index is 12.1. The lowest BCUT2D eigenvalue weighted by Crippen LogP contribution is -2.38. The minimum atomic E-state index is -3.51. The zero-order valence-corrected chi connectivity index (χ0v) is 13.8. The number of benzene rings is 1. The molecule has 1 heterocycles. The van der Waals surface area contributed by atoms with Crippen LogP contribution in [0.1, 0.15) is 29.6 Å². The lowest BCUT2D eigenvalue weighted by Gasteiger charge is -2.26.